The van der Waals surface area contributed by atoms with Crippen molar-refractivity contribution in [1.82, 2.24) is 14.9 Å². The molecular weight excluding hydrogens is 402 g/mol. The van der Waals surface area contributed by atoms with Gasteiger partial charge in [0, 0.05) is 34.8 Å². The van der Waals surface area contributed by atoms with Crippen molar-refractivity contribution in [3.05, 3.63) is 60.4 Å². The van der Waals surface area contributed by atoms with Gasteiger partial charge in [-0.25, -0.2) is 9.97 Å². The van der Waals surface area contributed by atoms with Crippen LogP contribution in [0.2, 0.25) is 0 Å². The van der Waals surface area contributed by atoms with Gasteiger partial charge >= 0.3 is 0 Å². The van der Waals surface area contributed by atoms with Gasteiger partial charge in [-0.05, 0) is 50.7 Å². The number of anilines is 3. The van der Waals surface area contributed by atoms with E-state index in [1.807, 2.05) is 36.4 Å². The maximum Gasteiger partial charge on any atom is 0.248 e. The van der Waals surface area contributed by atoms with E-state index < -0.39 is 0 Å². The molecule has 7 heteroatoms. The number of hydrogen-bond donors (Lipinski definition) is 2. The fraction of sp³-hybridized carbons (Fsp3) is 0.240. The minimum absolute atomic E-state index is 0.212. The summed E-state index contributed by atoms with van der Waals surface area (Å²) in [4.78, 5) is 23.6. The van der Waals surface area contributed by atoms with Crippen LogP contribution in [0.25, 0.3) is 10.9 Å². The van der Waals surface area contributed by atoms with Crippen LogP contribution in [0.15, 0.2) is 54.9 Å². The molecule has 2 heterocycles. The normalized spacial score (nSPS) is 16.2. The number of terminal acetylenes is 1. The van der Waals surface area contributed by atoms with E-state index in [4.69, 9.17) is 11.2 Å². The molecule has 2 aromatic carbocycles. The zero-order valence-electron chi connectivity index (χ0n) is 18.1. The molecule has 1 aliphatic heterocycles. The lowest BCUT2D eigenvalue weighted by atomic mass is 10.1. The maximum atomic E-state index is 12.6. The predicted molar refractivity (Wildman–Crippen MR) is 127 cm³/mol. The standard InChI is InChI=1S/C25H25N5O2/c1-4-17-7-5-8-18(13-17)28-25-20-14-22(23(32-3)15-21(20)26-16-27-25)29-24(31)11-10-19-9-6-12-30(19)2/h1,5,7-8,10-11,13-16,19H,6,9,12H2,2-3H3,(H,29,31)(H,26,27,28)/b11-10+. The zero-order valence-corrected chi connectivity index (χ0v) is 18.1. The van der Waals surface area contributed by atoms with Crippen molar-refractivity contribution in [2.45, 2.75) is 18.9 Å². The van der Waals surface area contributed by atoms with Crippen molar-refractivity contribution in [3.63, 3.8) is 0 Å². The minimum Gasteiger partial charge on any atom is -0.494 e. The highest BCUT2D eigenvalue weighted by molar-refractivity contribution is 6.03. The first-order valence-corrected chi connectivity index (χ1v) is 10.4. The van der Waals surface area contributed by atoms with Crippen LogP contribution in [0.1, 0.15) is 18.4 Å². The van der Waals surface area contributed by atoms with Gasteiger partial charge in [-0.1, -0.05) is 18.1 Å². The zero-order chi connectivity index (χ0) is 22.5. The second-order valence-electron chi connectivity index (χ2n) is 7.68. The number of benzene rings is 2. The topological polar surface area (TPSA) is 79.4 Å². The third-order valence-corrected chi connectivity index (χ3v) is 5.55. The second-order valence-corrected chi connectivity index (χ2v) is 7.68. The average Bonchev–Trinajstić information content (AvgIpc) is 3.22. The molecule has 1 unspecified atom stereocenters. The number of amides is 1. The van der Waals surface area contributed by atoms with Gasteiger partial charge in [-0.2, -0.15) is 0 Å². The number of hydrogen-bond acceptors (Lipinski definition) is 6. The number of likely N-dealkylation sites (tertiary alicyclic amines) is 1. The van der Waals surface area contributed by atoms with Gasteiger partial charge in [0.2, 0.25) is 5.91 Å². The van der Waals surface area contributed by atoms with Gasteiger partial charge in [0.1, 0.15) is 17.9 Å². The van der Waals surface area contributed by atoms with Crippen molar-refractivity contribution in [3.8, 4) is 18.1 Å². The van der Waals surface area contributed by atoms with Crippen LogP contribution in [0.5, 0.6) is 5.75 Å². The number of methoxy groups -OCH3 is 1. The molecule has 1 fully saturated rings. The molecule has 0 radical (unpaired) electrons. The van der Waals surface area contributed by atoms with Crippen LogP contribution in [0, 0.1) is 12.3 Å². The Labute approximate surface area is 187 Å². The molecule has 0 aliphatic carbocycles. The molecule has 1 aliphatic rings. The van der Waals surface area contributed by atoms with E-state index in [1.54, 1.807) is 19.3 Å². The molecule has 1 atom stereocenters. The lowest BCUT2D eigenvalue weighted by Gasteiger charge is -2.15. The van der Waals surface area contributed by atoms with E-state index in [0.717, 1.165) is 36.0 Å². The van der Waals surface area contributed by atoms with Crippen LogP contribution in [-0.4, -0.2) is 47.5 Å². The summed E-state index contributed by atoms with van der Waals surface area (Å²) in [5.74, 6) is 3.54. The minimum atomic E-state index is -0.212. The van der Waals surface area contributed by atoms with Crippen LogP contribution in [-0.2, 0) is 4.79 Å². The number of rotatable bonds is 6. The molecule has 1 saturated heterocycles. The Morgan fingerprint density at radius 3 is 2.94 bits per heavy atom. The van der Waals surface area contributed by atoms with E-state index in [2.05, 4.69) is 38.5 Å². The molecule has 162 valence electrons. The van der Waals surface area contributed by atoms with Gasteiger partial charge < -0.3 is 15.4 Å². The third kappa shape index (κ3) is 4.71. The van der Waals surface area contributed by atoms with Crippen molar-refractivity contribution < 1.29 is 9.53 Å². The van der Waals surface area contributed by atoms with Gasteiger partial charge in [-0.15, -0.1) is 6.42 Å². The number of aromatic nitrogens is 2. The van der Waals surface area contributed by atoms with Crippen molar-refractivity contribution in [2.75, 3.05) is 31.3 Å². The number of nitrogens with zero attached hydrogens (tertiary/aromatic N) is 3. The Bertz CT molecular complexity index is 1210. The summed E-state index contributed by atoms with van der Waals surface area (Å²) >= 11 is 0. The lowest BCUT2D eigenvalue weighted by Crippen LogP contribution is -2.23. The molecule has 0 bridgehead atoms. The van der Waals surface area contributed by atoms with E-state index in [0.29, 0.717) is 28.8 Å². The molecule has 7 nitrogen and oxygen atoms in total. The van der Waals surface area contributed by atoms with Crippen molar-refractivity contribution in [2.24, 2.45) is 0 Å². The average molecular weight is 428 g/mol. The smallest absolute Gasteiger partial charge is 0.248 e. The highest BCUT2D eigenvalue weighted by Gasteiger charge is 2.18. The highest BCUT2D eigenvalue weighted by atomic mass is 16.5. The molecule has 2 N–H and O–H groups in total. The molecular formula is C25H25N5O2. The molecule has 1 aromatic heterocycles. The van der Waals surface area contributed by atoms with Crippen LogP contribution >= 0.6 is 0 Å². The number of ether oxygens (including phenoxy) is 1. The molecule has 1 amide bonds. The highest BCUT2D eigenvalue weighted by Crippen LogP contribution is 2.33. The molecule has 0 spiro atoms. The quantitative estimate of drug-likeness (QED) is 0.458. The Kier molecular flexibility index (Phi) is 6.34. The first kappa shape index (κ1) is 21.3. The third-order valence-electron chi connectivity index (χ3n) is 5.55. The fourth-order valence-corrected chi connectivity index (χ4v) is 3.83. The van der Waals surface area contributed by atoms with E-state index >= 15 is 0 Å². The fourth-order valence-electron chi connectivity index (χ4n) is 3.83. The lowest BCUT2D eigenvalue weighted by molar-refractivity contribution is -0.111. The number of nitrogens with one attached hydrogen (secondary N) is 2. The van der Waals surface area contributed by atoms with Crippen LogP contribution < -0.4 is 15.4 Å². The maximum absolute atomic E-state index is 12.6. The first-order chi connectivity index (χ1) is 15.6. The summed E-state index contributed by atoms with van der Waals surface area (Å²) < 4.78 is 5.49. The molecule has 4 rings (SSSR count). The van der Waals surface area contributed by atoms with Crippen LogP contribution in [0.3, 0.4) is 0 Å². The van der Waals surface area contributed by atoms with Gasteiger partial charge in [0.15, 0.2) is 0 Å². The summed E-state index contributed by atoms with van der Waals surface area (Å²) in [5.41, 5.74) is 2.81. The molecule has 32 heavy (non-hydrogen) atoms. The monoisotopic (exact) mass is 427 g/mol. The summed E-state index contributed by atoms with van der Waals surface area (Å²) in [6, 6.07) is 11.4. The Morgan fingerprint density at radius 2 is 2.19 bits per heavy atom. The number of carbonyl (C=O) groups excluding carboxylic acids is 1. The number of likely N-dealkylation sites (N-methyl/N-ethyl adjacent to an activating group) is 1. The Balaban J connectivity index is 1.62. The summed E-state index contributed by atoms with van der Waals surface area (Å²) in [5, 5.41) is 6.95. The first-order valence-electron chi connectivity index (χ1n) is 10.4. The SMILES string of the molecule is C#Cc1cccc(Nc2ncnc3cc(OC)c(NC(=O)/C=C/C4CCCN4C)cc23)c1. The molecule has 0 saturated carbocycles. The molecule has 3 aromatic rings. The van der Waals surface area contributed by atoms with Gasteiger partial charge in [0.25, 0.3) is 0 Å². The van der Waals surface area contributed by atoms with Crippen LogP contribution in [0.4, 0.5) is 17.2 Å². The van der Waals surface area contributed by atoms with E-state index in [9.17, 15) is 4.79 Å². The van der Waals surface area contributed by atoms with Gasteiger partial charge in [-0.3, -0.25) is 9.69 Å². The predicted octanol–water partition coefficient (Wildman–Crippen LogP) is 3.95. The summed E-state index contributed by atoms with van der Waals surface area (Å²) in [6.45, 7) is 1.05. The van der Waals surface area contributed by atoms with Gasteiger partial charge in [0.05, 0.1) is 18.3 Å². The van der Waals surface area contributed by atoms with E-state index in [1.165, 1.54) is 6.33 Å². The number of fused-ring (bicyclic) bond motifs is 1. The second kappa shape index (κ2) is 9.50. The Hall–Kier alpha value is -3.89. The van der Waals surface area contributed by atoms with Crippen molar-refractivity contribution in [1.29, 1.82) is 0 Å². The largest absolute Gasteiger partial charge is 0.494 e. The van der Waals surface area contributed by atoms with Crippen molar-refractivity contribution >= 4 is 34.0 Å². The Morgan fingerprint density at radius 1 is 1.31 bits per heavy atom. The summed E-state index contributed by atoms with van der Waals surface area (Å²) in [6.07, 6.45) is 12.7. The van der Waals surface area contributed by atoms with E-state index in [-0.39, 0.29) is 5.91 Å². The summed E-state index contributed by atoms with van der Waals surface area (Å²) in [7, 11) is 3.63. The number of carbonyl (C=O) groups is 1.